The second kappa shape index (κ2) is 4.91. The van der Waals surface area contributed by atoms with Crippen LogP contribution in [0.15, 0.2) is 29.3 Å². The van der Waals surface area contributed by atoms with Crippen molar-refractivity contribution in [3.8, 4) is 0 Å². The number of para-hydroxylation sites is 2. The monoisotopic (exact) mass is 227 g/mol. The van der Waals surface area contributed by atoms with Crippen LogP contribution in [0.3, 0.4) is 0 Å². The first-order chi connectivity index (χ1) is 8.43. The lowest BCUT2D eigenvalue weighted by Gasteiger charge is -2.18. The van der Waals surface area contributed by atoms with Crippen molar-refractivity contribution >= 4 is 17.2 Å². The highest BCUT2D eigenvalue weighted by atomic mass is 15.1. The summed E-state index contributed by atoms with van der Waals surface area (Å²) in [5, 5.41) is 4.70. The van der Waals surface area contributed by atoms with E-state index in [1.165, 1.54) is 44.9 Å². The predicted octanol–water partition coefficient (Wildman–Crippen LogP) is 4.33. The van der Waals surface area contributed by atoms with E-state index in [1.54, 1.807) is 0 Å². The molecule has 0 N–H and O–H groups in total. The zero-order valence-electron chi connectivity index (χ0n) is 10.2. The van der Waals surface area contributed by atoms with E-state index in [0.29, 0.717) is 5.92 Å². The highest BCUT2D eigenvalue weighted by Gasteiger charge is 2.23. The molecular weight excluding hydrogens is 208 g/mol. The van der Waals surface area contributed by atoms with Crippen LogP contribution < -0.4 is 5.32 Å². The summed E-state index contributed by atoms with van der Waals surface area (Å²) in [6.07, 6.45) is 9.42. The molecule has 1 heterocycles. The van der Waals surface area contributed by atoms with E-state index in [0.717, 1.165) is 17.2 Å². The SMILES string of the molecule is c1ccc2c(c1)[N]C(C1CCCCCCC1)=N2. The van der Waals surface area contributed by atoms with Crippen LogP contribution in [-0.2, 0) is 0 Å². The Morgan fingerprint density at radius 2 is 1.47 bits per heavy atom. The first-order valence-corrected chi connectivity index (χ1v) is 6.83. The molecule has 2 nitrogen and oxygen atoms in total. The van der Waals surface area contributed by atoms with E-state index < -0.39 is 0 Å². The molecule has 0 spiro atoms. The van der Waals surface area contributed by atoms with Gasteiger partial charge in [0.05, 0.1) is 11.4 Å². The van der Waals surface area contributed by atoms with Gasteiger partial charge in [0, 0.05) is 5.92 Å². The molecule has 2 aliphatic rings. The Hall–Kier alpha value is -1.31. The smallest absolute Gasteiger partial charge is 0.132 e. The Kier molecular flexibility index (Phi) is 3.12. The largest absolute Gasteiger partial charge is 0.231 e. The van der Waals surface area contributed by atoms with Gasteiger partial charge in [-0.3, -0.25) is 0 Å². The van der Waals surface area contributed by atoms with Crippen LogP contribution >= 0.6 is 0 Å². The topological polar surface area (TPSA) is 26.5 Å². The number of benzene rings is 1. The molecule has 1 fully saturated rings. The molecule has 2 heteroatoms. The highest BCUT2D eigenvalue weighted by Crippen LogP contribution is 2.34. The maximum atomic E-state index is 4.70. The minimum Gasteiger partial charge on any atom is -0.231 e. The van der Waals surface area contributed by atoms with E-state index in [4.69, 9.17) is 10.3 Å². The fourth-order valence-corrected chi connectivity index (χ4v) is 2.82. The van der Waals surface area contributed by atoms with Crippen LogP contribution in [0.5, 0.6) is 0 Å². The van der Waals surface area contributed by atoms with Crippen LogP contribution in [0.2, 0.25) is 0 Å². The number of amidine groups is 1. The Morgan fingerprint density at radius 1 is 0.824 bits per heavy atom. The third-order valence-corrected chi connectivity index (χ3v) is 3.82. The van der Waals surface area contributed by atoms with Crippen molar-refractivity contribution < 1.29 is 0 Å². The molecule has 17 heavy (non-hydrogen) atoms. The van der Waals surface area contributed by atoms with Gasteiger partial charge in [-0.2, -0.15) is 0 Å². The molecule has 0 aromatic heterocycles. The Balaban J connectivity index is 1.73. The summed E-state index contributed by atoms with van der Waals surface area (Å²) in [6, 6.07) is 8.21. The number of fused-ring (bicyclic) bond motifs is 1. The molecule has 1 aliphatic carbocycles. The summed E-state index contributed by atoms with van der Waals surface area (Å²) in [7, 11) is 0. The number of rotatable bonds is 1. The maximum Gasteiger partial charge on any atom is 0.132 e. The lowest BCUT2D eigenvalue weighted by atomic mass is 9.90. The molecule has 0 saturated heterocycles. The minimum absolute atomic E-state index is 0.600. The van der Waals surface area contributed by atoms with Crippen molar-refractivity contribution in [2.24, 2.45) is 10.9 Å². The van der Waals surface area contributed by atoms with Crippen LogP contribution in [0.25, 0.3) is 0 Å². The van der Waals surface area contributed by atoms with E-state index in [1.807, 2.05) is 12.1 Å². The molecule has 0 bridgehead atoms. The summed E-state index contributed by atoms with van der Waals surface area (Å²) in [6.45, 7) is 0. The molecule has 89 valence electrons. The Labute approximate surface area is 103 Å². The fraction of sp³-hybridized carbons (Fsp3) is 0.533. The van der Waals surface area contributed by atoms with Gasteiger partial charge in [-0.25, -0.2) is 10.3 Å². The van der Waals surface area contributed by atoms with Crippen molar-refractivity contribution in [1.82, 2.24) is 5.32 Å². The highest BCUT2D eigenvalue weighted by molar-refractivity contribution is 5.97. The third-order valence-electron chi connectivity index (χ3n) is 3.82. The zero-order chi connectivity index (χ0) is 11.5. The van der Waals surface area contributed by atoms with Gasteiger partial charge in [0.1, 0.15) is 5.84 Å². The van der Waals surface area contributed by atoms with Gasteiger partial charge in [-0.1, -0.05) is 44.2 Å². The first kappa shape index (κ1) is 10.8. The van der Waals surface area contributed by atoms with Crippen molar-refractivity contribution in [1.29, 1.82) is 0 Å². The lowest BCUT2D eigenvalue weighted by molar-refractivity contribution is 0.448. The molecule has 1 aliphatic heterocycles. The number of aliphatic imine (C=N–C) groups is 1. The maximum absolute atomic E-state index is 4.70. The quantitative estimate of drug-likeness (QED) is 0.683. The molecule has 1 aromatic carbocycles. The Bertz CT molecular complexity index is 415. The van der Waals surface area contributed by atoms with Gasteiger partial charge >= 0.3 is 0 Å². The molecule has 0 amide bonds. The van der Waals surface area contributed by atoms with Crippen LogP contribution in [0.1, 0.15) is 44.9 Å². The van der Waals surface area contributed by atoms with Gasteiger partial charge < -0.3 is 0 Å². The Morgan fingerprint density at radius 3 is 2.18 bits per heavy atom. The average Bonchev–Trinajstić information content (AvgIpc) is 2.71. The summed E-state index contributed by atoms with van der Waals surface area (Å²) < 4.78 is 0. The second-order valence-corrected chi connectivity index (χ2v) is 5.11. The van der Waals surface area contributed by atoms with Gasteiger partial charge in [0.15, 0.2) is 0 Å². The number of hydrogen-bond donors (Lipinski definition) is 0. The second-order valence-electron chi connectivity index (χ2n) is 5.11. The molecule has 0 atom stereocenters. The van der Waals surface area contributed by atoms with Crippen LogP contribution in [0, 0.1) is 5.92 Å². The van der Waals surface area contributed by atoms with Gasteiger partial charge in [0.2, 0.25) is 0 Å². The summed E-state index contributed by atoms with van der Waals surface area (Å²) >= 11 is 0. The molecule has 1 radical (unpaired) electrons. The fourth-order valence-electron chi connectivity index (χ4n) is 2.82. The van der Waals surface area contributed by atoms with Crippen molar-refractivity contribution in [2.75, 3.05) is 0 Å². The van der Waals surface area contributed by atoms with E-state index in [2.05, 4.69) is 12.1 Å². The molecular formula is C15H19N2. The molecule has 1 saturated carbocycles. The zero-order valence-corrected chi connectivity index (χ0v) is 10.2. The number of hydrogen-bond acceptors (Lipinski definition) is 1. The predicted molar refractivity (Wildman–Crippen MR) is 71.1 cm³/mol. The minimum atomic E-state index is 0.600. The molecule has 3 rings (SSSR count). The van der Waals surface area contributed by atoms with Gasteiger partial charge in [-0.05, 0) is 25.0 Å². The first-order valence-electron chi connectivity index (χ1n) is 6.83. The van der Waals surface area contributed by atoms with Crippen molar-refractivity contribution in [3.05, 3.63) is 24.3 Å². The van der Waals surface area contributed by atoms with Crippen molar-refractivity contribution in [3.63, 3.8) is 0 Å². The normalized spacial score (nSPS) is 21.1. The summed E-state index contributed by atoms with van der Waals surface area (Å²) in [5.74, 6) is 1.69. The molecule has 1 aromatic rings. The van der Waals surface area contributed by atoms with Gasteiger partial charge in [-0.15, -0.1) is 0 Å². The molecule has 0 unspecified atom stereocenters. The summed E-state index contributed by atoms with van der Waals surface area (Å²) in [5.41, 5.74) is 2.12. The lowest BCUT2D eigenvalue weighted by Crippen LogP contribution is -2.20. The third kappa shape index (κ3) is 2.36. The van der Waals surface area contributed by atoms with E-state index in [-0.39, 0.29) is 0 Å². The summed E-state index contributed by atoms with van der Waals surface area (Å²) in [4.78, 5) is 4.70. The number of nitrogens with zero attached hydrogens (tertiary/aromatic N) is 2. The van der Waals surface area contributed by atoms with Crippen LogP contribution in [0.4, 0.5) is 11.4 Å². The van der Waals surface area contributed by atoms with Gasteiger partial charge in [0.25, 0.3) is 0 Å². The van der Waals surface area contributed by atoms with E-state index in [9.17, 15) is 0 Å². The standard InChI is InChI=1S/C15H19N2/c1-2-4-8-12(9-5-3-1)15-16-13-10-6-7-11-14(13)17-15/h6-7,10-12H,1-5,8-9H2. The average molecular weight is 227 g/mol. The van der Waals surface area contributed by atoms with Crippen LogP contribution in [-0.4, -0.2) is 5.84 Å². The van der Waals surface area contributed by atoms with Crippen molar-refractivity contribution in [2.45, 2.75) is 44.9 Å². The van der Waals surface area contributed by atoms with E-state index >= 15 is 0 Å².